The second kappa shape index (κ2) is 5.59. The lowest BCUT2D eigenvalue weighted by atomic mass is 10.2. The molecule has 3 amide bonds. The molecule has 0 aliphatic carbocycles. The van der Waals surface area contributed by atoms with Gasteiger partial charge in [0.15, 0.2) is 0 Å². The molecule has 0 atom stereocenters. The number of urea groups is 1. The SMILES string of the molecule is CNC(=O)ONC(=O)Nc1ccc(C)cc1. The molecule has 0 aliphatic rings. The van der Waals surface area contributed by atoms with Crippen molar-refractivity contribution in [2.24, 2.45) is 0 Å². The minimum atomic E-state index is -0.737. The summed E-state index contributed by atoms with van der Waals surface area (Å²) in [7, 11) is 1.39. The van der Waals surface area contributed by atoms with Crippen molar-refractivity contribution in [1.82, 2.24) is 10.8 Å². The van der Waals surface area contributed by atoms with Crippen LogP contribution >= 0.6 is 0 Å². The van der Waals surface area contributed by atoms with Gasteiger partial charge in [-0.1, -0.05) is 17.7 Å². The molecular formula is C10H13N3O3. The molecule has 3 N–H and O–H groups in total. The number of anilines is 1. The molecule has 0 aromatic heterocycles. The minimum absolute atomic E-state index is 0.614. The van der Waals surface area contributed by atoms with E-state index in [0.717, 1.165) is 5.56 Å². The van der Waals surface area contributed by atoms with Crippen molar-refractivity contribution < 1.29 is 14.4 Å². The van der Waals surface area contributed by atoms with Crippen LogP contribution in [0.3, 0.4) is 0 Å². The number of benzene rings is 1. The summed E-state index contributed by atoms with van der Waals surface area (Å²) >= 11 is 0. The number of rotatable bonds is 1. The number of carbonyl (C=O) groups is 2. The molecule has 0 bridgehead atoms. The van der Waals surface area contributed by atoms with Gasteiger partial charge in [0.05, 0.1) is 0 Å². The Labute approximate surface area is 92.9 Å². The van der Waals surface area contributed by atoms with Gasteiger partial charge in [0.1, 0.15) is 0 Å². The molecule has 6 heteroatoms. The predicted molar refractivity (Wildman–Crippen MR) is 58.9 cm³/mol. The fourth-order valence-electron chi connectivity index (χ4n) is 0.937. The van der Waals surface area contributed by atoms with Crippen LogP contribution in [0.2, 0.25) is 0 Å². The number of hydroxylamine groups is 1. The van der Waals surface area contributed by atoms with Crippen LogP contribution in [0.4, 0.5) is 15.3 Å². The second-order valence-corrected chi connectivity index (χ2v) is 3.06. The number of aryl methyl sites for hydroxylation is 1. The van der Waals surface area contributed by atoms with Crippen LogP contribution in [0.1, 0.15) is 5.56 Å². The highest BCUT2D eigenvalue weighted by molar-refractivity contribution is 5.89. The largest absolute Gasteiger partial charge is 0.431 e. The summed E-state index contributed by atoms with van der Waals surface area (Å²) in [6.45, 7) is 1.94. The van der Waals surface area contributed by atoms with Crippen LogP contribution < -0.4 is 16.1 Å². The third-order valence-electron chi connectivity index (χ3n) is 1.75. The van der Waals surface area contributed by atoms with Gasteiger partial charge in [0, 0.05) is 12.7 Å². The van der Waals surface area contributed by atoms with Gasteiger partial charge < -0.3 is 15.5 Å². The zero-order valence-electron chi connectivity index (χ0n) is 9.03. The van der Waals surface area contributed by atoms with Gasteiger partial charge in [-0.25, -0.2) is 9.59 Å². The van der Waals surface area contributed by atoms with E-state index in [9.17, 15) is 9.59 Å². The Balaban J connectivity index is 2.40. The van der Waals surface area contributed by atoms with Gasteiger partial charge in [-0.15, -0.1) is 0 Å². The molecule has 1 rings (SSSR count). The van der Waals surface area contributed by atoms with E-state index < -0.39 is 12.1 Å². The number of amides is 3. The van der Waals surface area contributed by atoms with Crippen LogP contribution in [-0.4, -0.2) is 19.2 Å². The van der Waals surface area contributed by atoms with Gasteiger partial charge in [-0.2, -0.15) is 5.48 Å². The van der Waals surface area contributed by atoms with Crippen LogP contribution in [0.5, 0.6) is 0 Å². The molecule has 0 fully saturated rings. The monoisotopic (exact) mass is 223 g/mol. The fraction of sp³-hybridized carbons (Fsp3) is 0.200. The summed E-state index contributed by atoms with van der Waals surface area (Å²) in [5, 5.41) is 4.68. The highest BCUT2D eigenvalue weighted by Crippen LogP contribution is 2.07. The predicted octanol–water partition coefficient (Wildman–Crippen LogP) is 1.39. The van der Waals surface area contributed by atoms with E-state index in [2.05, 4.69) is 15.5 Å². The van der Waals surface area contributed by atoms with Crippen molar-refractivity contribution in [1.29, 1.82) is 0 Å². The molecule has 0 saturated carbocycles. The second-order valence-electron chi connectivity index (χ2n) is 3.06. The first-order valence-electron chi connectivity index (χ1n) is 4.64. The first-order chi connectivity index (χ1) is 7.61. The normalized spacial score (nSPS) is 9.12. The molecule has 0 aliphatic heterocycles. The van der Waals surface area contributed by atoms with E-state index in [1.54, 1.807) is 12.1 Å². The van der Waals surface area contributed by atoms with Crippen LogP contribution in [0, 0.1) is 6.92 Å². The highest BCUT2D eigenvalue weighted by Gasteiger charge is 2.04. The summed E-state index contributed by atoms with van der Waals surface area (Å²) in [5.74, 6) is 0. The number of hydrogen-bond acceptors (Lipinski definition) is 3. The first-order valence-corrected chi connectivity index (χ1v) is 4.64. The summed E-state index contributed by atoms with van der Waals surface area (Å²) in [6.07, 6.45) is -0.737. The van der Waals surface area contributed by atoms with Crippen molar-refractivity contribution in [2.45, 2.75) is 6.92 Å². The third-order valence-corrected chi connectivity index (χ3v) is 1.75. The van der Waals surface area contributed by atoms with Crippen molar-refractivity contribution in [3.8, 4) is 0 Å². The van der Waals surface area contributed by atoms with E-state index in [4.69, 9.17) is 0 Å². The molecule has 0 spiro atoms. The Morgan fingerprint density at radius 2 is 1.81 bits per heavy atom. The van der Waals surface area contributed by atoms with Gasteiger partial charge in [-0.3, -0.25) is 0 Å². The topological polar surface area (TPSA) is 79.5 Å². The lowest BCUT2D eigenvalue weighted by Crippen LogP contribution is -2.34. The van der Waals surface area contributed by atoms with Gasteiger partial charge in [0.2, 0.25) is 0 Å². The van der Waals surface area contributed by atoms with Crippen molar-refractivity contribution >= 4 is 17.8 Å². The molecule has 16 heavy (non-hydrogen) atoms. The maximum atomic E-state index is 11.2. The lowest BCUT2D eigenvalue weighted by Gasteiger charge is -2.07. The molecule has 86 valence electrons. The smallest absolute Gasteiger partial charge is 0.323 e. The Hall–Kier alpha value is -2.24. The van der Waals surface area contributed by atoms with Crippen LogP contribution in [0.15, 0.2) is 24.3 Å². The molecular weight excluding hydrogens is 210 g/mol. The highest BCUT2D eigenvalue weighted by atomic mass is 16.7. The number of carbonyl (C=O) groups excluding carboxylic acids is 2. The molecule has 0 heterocycles. The average molecular weight is 223 g/mol. The molecule has 6 nitrogen and oxygen atoms in total. The van der Waals surface area contributed by atoms with Gasteiger partial charge in [0.25, 0.3) is 0 Å². The number of hydrogen-bond donors (Lipinski definition) is 3. The summed E-state index contributed by atoms with van der Waals surface area (Å²) in [6, 6.07) is 6.58. The van der Waals surface area contributed by atoms with E-state index in [-0.39, 0.29) is 0 Å². The molecule has 0 saturated heterocycles. The van der Waals surface area contributed by atoms with Crippen LogP contribution in [-0.2, 0) is 4.84 Å². The van der Waals surface area contributed by atoms with Crippen molar-refractivity contribution in [2.75, 3.05) is 12.4 Å². The van der Waals surface area contributed by atoms with E-state index in [1.807, 2.05) is 24.5 Å². The quantitative estimate of drug-likeness (QED) is 0.629. The van der Waals surface area contributed by atoms with E-state index >= 15 is 0 Å². The molecule has 0 unspecified atom stereocenters. The Morgan fingerprint density at radius 1 is 1.19 bits per heavy atom. The Morgan fingerprint density at radius 3 is 2.38 bits per heavy atom. The lowest BCUT2D eigenvalue weighted by molar-refractivity contribution is 0.106. The van der Waals surface area contributed by atoms with Crippen molar-refractivity contribution in [3.05, 3.63) is 29.8 Å². The zero-order valence-corrected chi connectivity index (χ0v) is 9.03. The molecule has 1 aromatic rings. The first kappa shape index (κ1) is 11.8. The third kappa shape index (κ3) is 3.87. The van der Waals surface area contributed by atoms with Crippen molar-refractivity contribution in [3.63, 3.8) is 0 Å². The Bertz CT molecular complexity index is 375. The molecule has 1 aromatic carbocycles. The van der Waals surface area contributed by atoms with Crippen LogP contribution in [0.25, 0.3) is 0 Å². The summed E-state index contributed by atoms with van der Waals surface area (Å²) in [4.78, 5) is 26.2. The standard InChI is InChI=1S/C10H13N3O3/c1-7-3-5-8(6-4-7)12-9(14)13-16-10(15)11-2/h3-6H,1-2H3,(H,11,15)(H2,12,13,14). The van der Waals surface area contributed by atoms with Gasteiger partial charge >= 0.3 is 12.1 Å². The maximum absolute atomic E-state index is 11.2. The summed E-state index contributed by atoms with van der Waals surface area (Å²) < 4.78 is 0. The molecule has 0 radical (unpaired) electrons. The maximum Gasteiger partial charge on any atom is 0.431 e. The average Bonchev–Trinajstić information content (AvgIpc) is 2.29. The number of nitrogens with one attached hydrogen (secondary N) is 3. The van der Waals surface area contributed by atoms with E-state index in [1.165, 1.54) is 7.05 Å². The zero-order chi connectivity index (χ0) is 12.0. The minimum Gasteiger partial charge on any atom is -0.323 e. The summed E-state index contributed by atoms with van der Waals surface area (Å²) in [5.41, 5.74) is 3.64. The van der Waals surface area contributed by atoms with E-state index in [0.29, 0.717) is 5.69 Å². The van der Waals surface area contributed by atoms with Gasteiger partial charge in [-0.05, 0) is 19.1 Å². The fourth-order valence-corrected chi connectivity index (χ4v) is 0.937. The Kier molecular flexibility index (Phi) is 4.14.